The zero-order valence-electron chi connectivity index (χ0n) is 12.5. The van der Waals surface area contributed by atoms with Crippen LogP contribution in [0, 0.1) is 0 Å². The Balaban J connectivity index is 1.73. The van der Waals surface area contributed by atoms with Gasteiger partial charge in [-0.2, -0.15) is 0 Å². The van der Waals surface area contributed by atoms with E-state index in [1.54, 1.807) is 18.2 Å². The van der Waals surface area contributed by atoms with Crippen molar-refractivity contribution in [3.8, 4) is 11.4 Å². The summed E-state index contributed by atoms with van der Waals surface area (Å²) in [6.45, 7) is 0. The van der Waals surface area contributed by atoms with Crippen molar-refractivity contribution in [1.29, 1.82) is 0 Å². The molecule has 6 nitrogen and oxygen atoms in total. The van der Waals surface area contributed by atoms with Crippen LogP contribution in [0.1, 0.15) is 12.8 Å². The van der Waals surface area contributed by atoms with Crippen molar-refractivity contribution in [3.63, 3.8) is 0 Å². The monoisotopic (exact) mass is 343 g/mol. The molecule has 1 heterocycles. The lowest BCUT2D eigenvalue weighted by Gasteiger charge is -2.05. The molecule has 1 amide bonds. The van der Waals surface area contributed by atoms with Gasteiger partial charge in [-0.15, -0.1) is 0 Å². The lowest BCUT2D eigenvalue weighted by atomic mass is 10.2. The first-order chi connectivity index (χ1) is 11.5. The van der Waals surface area contributed by atoms with Crippen LogP contribution in [0.15, 0.2) is 42.5 Å². The number of amides is 1. The molecule has 0 fully saturated rings. The summed E-state index contributed by atoms with van der Waals surface area (Å²) in [6.07, 6.45) is -0.243. The summed E-state index contributed by atoms with van der Waals surface area (Å²) < 4.78 is 0. The number of anilines is 1. The van der Waals surface area contributed by atoms with Gasteiger partial charge < -0.3 is 15.4 Å². The number of carbonyl (C=O) groups is 2. The molecule has 0 atom stereocenters. The quantitative estimate of drug-likeness (QED) is 0.658. The van der Waals surface area contributed by atoms with Crippen molar-refractivity contribution in [2.45, 2.75) is 12.8 Å². The highest BCUT2D eigenvalue weighted by molar-refractivity contribution is 6.31. The fourth-order valence-electron chi connectivity index (χ4n) is 2.27. The number of H-pyrrole nitrogens is 1. The number of aromatic amines is 1. The predicted molar refractivity (Wildman–Crippen MR) is 92.0 cm³/mol. The van der Waals surface area contributed by atoms with Crippen molar-refractivity contribution in [2.75, 3.05) is 5.32 Å². The molecule has 0 saturated heterocycles. The first-order valence-corrected chi connectivity index (χ1v) is 7.66. The van der Waals surface area contributed by atoms with Crippen LogP contribution in [-0.4, -0.2) is 27.0 Å². The van der Waals surface area contributed by atoms with Crippen molar-refractivity contribution in [3.05, 3.63) is 47.5 Å². The first-order valence-electron chi connectivity index (χ1n) is 7.28. The molecule has 2 aromatic carbocycles. The van der Waals surface area contributed by atoms with Crippen molar-refractivity contribution >= 4 is 40.2 Å². The summed E-state index contributed by atoms with van der Waals surface area (Å²) >= 11 is 5.96. The molecule has 0 aliphatic heterocycles. The molecule has 0 aliphatic carbocycles. The van der Waals surface area contributed by atoms with Gasteiger partial charge in [0.05, 0.1) is 17.5 Å². The van der Waals surface area contributed by atoms with Crippen LogP contribution in [0.5, 0.6) is 0 Å². The van der Waals surface area contributed by atoms with E-state index in [0.29, 0.717) is 16.5 Å². The molecule has 0 aliphatic rings. The number of rotatable bonds is 5. The lowest BCUT2D eigenvalue weighted by molar-refractivity contribution is -0.138. The standard InChI is InChI=1S/C17H14ClN3O3/c18-11-3-6-13-14(9-11)21-17(20-13)10-1-4-12(5-2-10)19-15(22)7-8-16(23)24/h1-6,9H,7-8H2,(H,19,22)(H,20,21)(H,23,24). The van der Waals surface area contributed by atoms with Crippen LogP contribution in [-0.2, 0) is 9.59 Å². The number of carboxylic acids is 1. The molecular formula is C17H14ClN3O3. The second-order valence-corrected chi connectivity index (χ2v) is 5.70. The molecule has 3 N–H and O–H groups in total. The summed E-state index contributed by atoms with van der Waals surface area (Å²) in [6, 6.07) is 12.6. The third-order valence-electron chi connectivity index (χ3n) is 3.45. The second-order valence-electron chi connectivity index (χ2n) is 5.27. The minimum atomic E-state index is -0.995. The van der Waals surface area contributed by atoms with E-state index in [1.165, 1.54) is 0 Å². The molecule has 3 aromatic rings. The third-order valence-corrected chi connectivity index (χ3v) is 3.69. The maximum absolute atomic E-state index is 11.6. The van der Waals surface area contributed by atoms with Gasteiger partial charge in [0, 0.05) is 22.7 Å². The summed E-state index contributed by atoms with van der Waals surface area (Å²) in [5.74, 6) is -0.620. The van der Waals surface area contributed by atoms with Crippen LogP contribution in [0.25, 0.3) is 22.4 Å². The van der Waals surface area contributed by atoms with Gasteiger partial charge in [-0.1, -0.05) is 11.6 Å². The summed E-state index contributed by atoms with van der Waals surface area (Å²) in [4.78, 5) is 29.8. The molecule has 0 saturated carbocycles. The fourth-order valence-corrected chi connectivity index (χ4v) is 2.45. The van der Waals surface area contributed by atoms with Gasteiger partial charge in [0.15, 0.2) is 0 Å². The zero-order chi connectivity index (χ0) is 17.1. The van der Waals surface area contributed by atoms with Gasteiger partial charge in [0.2, 0.25) is 5.91 Å². The highest BCUT2D eigenvalue weighted by Gasteiger charge is 2.08. The van der Waals surface area contributed by atoms with E-state index >= 15 is 0 Å². The van der Waals surface area contributed by atoms with Gasteiger partial charge in [-0.05, 0) is 42.5 Å². The SMILES string of the molecule is O=C(O)CCC(=O)Nc1ccc(-c2nc3ccc(Cl)cc3[nH]2)cc1. The molecule has 0 spiro atoms. The Morgan fingerprint density at radius 1 is 1.12 bits per heavy atom. The number of halogens is 1. The van der Waals surface area contributed by atoms with Crippen LogP contribution < -0.4 is 5.32 Å². The number of imidazole rings is 1. The number of benzene rings is 2. The van der Waals surface area contributed by atoms with Crippen LogP contribution in [0.2, 0.25) is 5.02 Å². The van der Waals surface area contributed by atoms with Gasteiger partial charge in [-0.25, -0.2) is 4.98 Å². The maximum Gasteiger partial charge on any atom is 0.303 e. The Morgan fingerprint density at radius 3 is 2.58 bits per heavy atom. The van der Waals surface area contributed by atoms with E-state index in [-0.39, 0.29) is 18.7 Å². The molecule has 24 heavy (non-hydrogen) atoms. The zero-order valence-corrected chi connectivity index (χ0v) is 13.3. The van der Waals surface area contributed by atoms with E-state index in [4.69, 9.17) is 16.7 Å². The van der Waals surface area contributed by atoms with Crippen LogP contribution >= 0.6 is 11.6 Å². The number of hydrogen-bond acceptors (Lipinski definition) is 3. The topological polar surface area (TPSA) is 95.1 Å². The number of nitrogens with zero attached hydrogens (tertiary/aromatic N) is 1. The average molecular weight is 344 g/mol. The number of fused-ring (bicyclic) bond motifs is 1. The van der Waals surface area contributed by atoms with Crippen LogP contribution in [0.3, 0.4) is 0 Å². The highest BCUT2D eigenvalue weighted by atomic mass is 35.5. The second kappa shape index (κ2) is 6.72. The number of carbonyl (C=O) groups excluding carboxylic acids is 1. The van der Waals surface area contributed by atoms with Crippen molar-refractivity contribution in [2.24, 2.45) is 0 Å². The smallest absolute Gasteiger partial charge is 0.303 e. The Morgan fingerprint density at radius 2 is 1.88 bits per heavy atom. The molecule has 122 valence electrons. The number of nitrogens with one attached hydrogen (secondary N) is 2. The molecule has 0 radical (unpaired) electrons. The fraction of sp³-hybridized carbons (Fsp3) is 0.118. The number of hydrogen-bond donors (Lipinski definition) is 3. The molecule has 0 bridgehead atoms. The van der Waals surface area contributed by atoms with Gasteiger partial charge >= 0.3 is 5.97 Å². The normalized spacial score (nSPS) is 10.7. The average Bonchev–Trinajstić information content (AvgIpc) is 2.96. The van der Waals surface area contributed by atoms with Crippen LogP contribution in [0.4, 0.5) is 5.69 Å². The predicted octanol–water partition coefficient (Wildman–Crippen LogP) is 3.69. The largest absolute Gasteiger partial charge is 0.481 e. The molecule has 3 rings (SSSR count). The van der Waals surface area contributed by atoms with E-state index in [9.17, 15) is 9.59 Å². The highest BCUT2D eigenvalue weighted by Crippen LogP contribution is 2.24. The number of aromatic nitrogens is 2. The molecule has 7 heteroatoms. The van der Waals surface area contributed by atoms with Gasteiger partial charge in [0.1, 0.15) is 5.82 Å². The Hall–Kier alpha value is -2.86. The van der Waals surface area contributed by atoms with E-state index in [2.05, 4.69) is 15.3 Å². The number of aliphatic carboxylic acids is 1. The van der Waals surface area contributed by atoms with E-state index < -0.39 is 5.97 Å². The Kier molecular flexibility index (Phi) is 4.48. The molecule has 0 unspecified atom stereocenters. The van der Waals surface area contributed by atoms with Crippen molar-refractivity contribution in [1.82, 2.24) is 9.97 Å². The molecular weight excluding hydrogens is 330 g/mol. The van der Waals surface area contributed by atoms with E-state index in [0.717, 1.165) is 16.6 Å². The minimum absolute atomic E-state index is 0.0541. The first kappa shape index (κ1) is 16.0. The lowest BCUT2D eigenvalue weighted by Crippen LogP contribution is -2.13. The Bertz CT molecular complexity index is 903. The van der Waals surface area contributed by atoms with Gasteiger partial charge in [-0.3, -0.25) is 9.59 Å². The Labute approximate surface area is 142 Å². The van der Waals surface area contributed by atoms with Gasteiger partial charge in [0.25, 0.3) is 0 Å². The third kappa shape index (κ3) is 3.72. The summed E-state index contributed by atoms with van der Waals surface area (Å²) in [5, 5.41) is 11.9. The molecule has 1 aromatic heterocycles. The minimum Gasteiger partial charge on any atom is -0.481 e. The van der Waals surface area contributed by atoms with E-state index in [1.807, 2.05) is 24.3 Å². The summed E-state index contributed by atoms with van der Waals surface area (Å²) in [5.41, 5.74) is 3.14. The maximum atomic E-state index is 11.6. The number of carboxylic acid groups (broad SMARTS) is 1. The summed E-state index contributed by atoms with van der Waals surface area (Å²) in [7, 11) is 0. The van der Waals surface area contributed by atoms with Crippen molar-refractivity contribution < 1.29 is 14.7 Å².